The van der Waals surface area contributed by atoms with Crippen molar-refractivity contribution in [3.8, 4) is 11.8 Å². The average Bonchev–Trinajstić information content (AvgIpc) is 3.06. The molecule has 0 spiro atoms. The van der Waals surface area contributed by atoms with Gasteiger partial charge in [0, 0.05) is 24.1 Å². The van der Waals surface area contributed by atoms with Crippen molar-refractivity contribution >= 4 is 0 Å². The highest BCUT2D eigenvalue weighted by Gasteiger charge is 2.28. The lowest BCUT2D eigenvalue weighted by Crippen LogP contribution is -2.22. The highest BCUT2D eigenvalue weighted by atomic mass is 14.9. The van der Waals surface area contributed by atoms with Crippen LogP contribution in [0.5, 0.6) is 0 Å². The number of allylic oxidation sites excluding steroid dienone is 9. The Morgan fingerprint density at radius 3 is 2.55 bits per heavy atom. The van der Waals surface area contributed by atoms with Gasteiger partial charge in [0.25, 0.3) is 0 Å². The summed E-state index contributed by atoms with van der Waals surface area (Å²) in [6.07, 6.45) is 16.5. The minimum atomic E-state index is 0.164. The van der Waals surface area contributed by atoms with Gasteiger partial charge in [0.1, 0.15) is 0 Å². The van der Waals surface area contributed by atoms with Gasteiger partial charge in [-0.15, -0.1) is 5.92 Å². The van der Waals surface area contributed by atoms with Gasteiger partial charge >= 0.3 is 0 Å². The molecule has 0 saturated carbocycles. The number of hydrogen-bond acceptors (Lipinski definition) is 2. The molecule has 2 unspecified atom stereocenters. The summed E-state index contributed by atoms with van der Waals surface area (Å²) in [6, 6.07) is 0. The summed E-state index contributed by atoms with van der Waals surface area (Å²) >= 11 is 0. The van der Waals surface area contributed by atoms with E-state index in [-0.39, 0.29) is 5.92 Å². The summed E-state index contributed by atoms with van der Waals surface area (Å²) in [5, 5.41) is 3.70. The standard InChI is InChI=1S/C27H40N2/c1-8-11-14-24-19-29-27(26(24)17-20(4)5)22(7)25(13-10-3)21(6)18-23(12-9-2)15-16-28/h8,11-12,14-16,18,20,22,25,29H,9,17,19,28H2,1-7H3/b11-8-,16-15+,21-18-,23-12-,24-14+. The summed E-state index contributed by atoms with van der Waals surface area (Å²) in [7, 11) is 0. The van der Waals surface area contributed by atoms with Crippen LogP contribution in [0.4, 0.5) is 0 Å². The van der Waals surface area contributed by atoms with Gasteiger partial charge in [0.05, 0.1) is 0 Å². The first-order valence-corrected chi connectivity index (χ1v) is 10.9. The summed E-state index contributed by atoms with van der Waals surface area (Å²) < 4.78 is 0. The second-order valence-corrected chi connectivity index (χ2v) is 8.08. The molecule has 0 amide bonds. The van der Waals surface area contributed by atoms with Crippen LogP contribution < -0.4 is 11.1 Å². The smallest absolute Gasteiger partial charge is 0.0492 e. The molecule has 2 atom stereocenters. The van der Waals surface area contributed by atoms with E-state index in [0.717, 1.165) is 25.0 Å². The molecule has 0 radical (unpaired) electrons. The first kappa shape index (κ1) is 24.6. The molecule has 1 aliphatic heterocycles. The zero-order valence-corrected chi connectivity index (χ0v) is 19.5. The van der Waals surface area contributed by atoms with Gasteiger partial charge in [-0.2, -0.15) is 0 Å². The Labute approximate surface area is 179 Å². The monoisotopic (exact) mass is 392 g/mol. The van der Waals surface area contributed by atoms with Crippen LogP contribution in [0.3, 0.4) is 0 Å². The van der Waals surface area contributed by atoms with Crippen molar-refractivity contribution in [3.63, 3.8) is 0 Å². The van der Waals surface area contributed by atoms with Crippen molar-refractivity contribution in [3.05, 3.63) is 70.6 Å². The fourth-order valence-corrected chi connectivity index (χ4v) is 3.86. The minimum absolute atomic E-state index is 0.164. The van der Waals surface area contributed by atoms with E-state index in [2.05, 4.69) is 89.1 Å². The zero-order chi connectivity index (χ0) is 21.8. The Morgan fingerprint density at radius 2 is 2.00 bits per heavy atom. The third kappa shape index (κ3) is 7.50. The van der Waals surface area contributed by atoms with Crippen molar-refractivity contribution in [2.45, 2.75) is 61.3 Å². The Morgan fingerprint density at radius 1 is 1.28 bits per heavy atom. The molecule has 1 aliphatic rings. The molecular weight excluding hydrogens is 352 g/mol. The van der Waals surface area contributed by atoms with Crippen molar-refractivity contribution in [1.82, 2.24) is 5.32 Å². The highest BCUT2D eigenvalue weighted by Crippen LogP contribution is 2.35. The minimum Gasteiger partial charge on any atom is -0.405 e. The van der Waals surface area contributed by atoms with Gasteiger partial charge in [-0.1, -0.05) is 69.6 Å². The van der Waals surface area contributed by atoms with Crippen molar-refractivity contribution in [2.24, 2.45) is 23.5 Å². The Balaban J connectivity index is 3.39. The predicted octanol–water partition coefficient (Wildman–Crippen LogP) is 6.42. The van der Waals surface area contributed by atoms with Crippen LogP contribution in [0, 0.1) is 29.6 Å². The quantitative estimate of drug-likeness (QED) is 0.351. The third-order valence-electron chi connectivity index (χ3n) is 5.15. The number of nitrogens with two attached hydrogens (primary N) is 1. The lowest BCUT2D eigenvalue weighted by Gasteiger charge is -2.24. The first-order valence-electron chi connectivity index (χ1n) is 10.9. The number of nitrogens with one attached hydrogen (secondary N) is 1. The summed E-state index contributed by atoms with van der Waals surface area (Å²) in [6.45, 7) is 16.1. The molecule has 158 valence electrons. The van der Waals surface area contributed by atoms with Gasteiger partial charge in [0.15, 0.2) is 0 Å². The lowest BCUT2D eigenvalue weighted by atomic mass is 9.82. The van der Waals surface area contributed by atoms with Gasteiger partial charge in [-0.05, 0) is 68.5 Å². The van der Waals surface area contributed by atoms with E-state index in [4.69, 9.17) is 5.73 Å². The maximum atomic E-state index is 5.64. The van der Waals surface area contributed by atoms with Crippen LogP contribution in [0.1, 0.15) is 61.3 Å². The maximum absolute atomic E-state index is 5.64. The second-order valence-electron chi connectivity index (χ2n) is 8.08. The largest absolute Gasteiger partial charge is 0.405 e. The first-order chi connectivity index (χ1) is 13.9. The van der Waals surface area contributed by atoms with Crippen molar-refractivity contribution in [2.75, 3.05) is 6.54 Å². The van der Waals surface area contributed by atoms with Crippen LogP contribution in [-0.2, 0) is 0 Å². The molecule has 2 heteroatoms. The molecule has 3 N–H and O–H groups in total. The molecule has 0 saturated heterocycles. The topological polar surface area (TPSA) is 38.0 Å². The van der Waals surface area contributed by atoms with Crippen LogP contribution in [0.25, 0.3) is 0 Å². The summed E-state index contributed by atoms with van der Waals surface area (Å²) in [5.74, 6) is 7.71. The van der Waals surface area contributed by atoms with Crippen LogP contribution >= 0.6 is 0 Å². The molecule has 0 aromatic heterocycles. The second kappa shape index (κ2) is 12.9. The lowest BCUT2D eigenvalue weighted by molar-refractivity contribution is 0.530. The van der Waals surface area contributed by atoms with E-state index in [0.29, 0.717) is 11.8 Å². The van der Waals surface area contributed by atoms with E-state index in [9.17, 15) is 0 Å². The maximum Gasteiger partial charge on any atom is 0.0492 e. The molecule has 1 heterocycles. The molecule has 0 fully saturated rings. The Hall–Kier alpha value is -2.40. The molecule has 29 heavy (non-hydrogen) atoms. The van der Waals surface area contributed by atoms with E-state index < -0.39 is 0 Å². The number of hydrogen-bond donors (Lipinski definition) is 2. The summed E-state index contributed by atoms with van der Waals surface area (Å²) in [5.41, 5.74) is 12.3. The van der Waals surface area contributed by atoms with Crippen LogP contribution in [0.2, 0.25) is 0 Å². The molecule has 0 aliphatic carbocycles. The highest BCUT2D eigenvalue weighted by molar-refractivity contribution is 5.46. The molecule has 0 aromatic carbocycles. The normalized spacial score (nSPS) is 19.2. The van der Waals surface area contributed by atoms with Gasteiger partial charge < -0.3 is 11.1 Å². The van der Waals surface area contributed by atoms with Crippen LogP contribution in [-0.4, -0.2) is 6.54 Å². The van der Waals surface area contributed by atoms with Gasteiger partial charge in [-0.25, -0.2) is 0 Å². The summed E-state index contributed by atoms with van der Waals surface area (Å²) in [4.78, 5) is 0. The fraction of sp³-hybridized carbons (Fsp3) is 0.481. The van der Waals surface area contributed by atoms with Crippen LogP contribution in [0.15, 0.2) is 70.6 Å². The van der Waals surface area contributed by atoms with E-state index in [1.165, 1.54) is 22.4 Å². The van der Waals surface area contributed by atoms with E-state index in [1.54, 1.807) is 6.20 Å². The van der Waals surface area contributed by atoms with Gasteiger partial charge in [0.2, 0.25) is 0 Å². The van der Waals surface area contributed by atoms with Crippen molar-refractivity contribution < 1.29 is 0 Å². The fourth-order valence-electron chi connectivity index (χ4n) is 3.86. The molecule has 0 aromatic rings. The van der Waals surface area contributed by atoms with E-state index >= 15 is 0 Å². The number of rotatable bonds is 9. The Bertz CT molecular complexity index is 773. The molecule has 2 nitrogen and oxygen atoms in total. The van der Waals surface area contributed by atoms with Crippen molar-refractivity contribution in [1.29, 1.82) is 0 Å². The van der Waals surface area contributed by atoms with Gasteiger partial charge in [-0.3, -0.25) is 0 Å². The predicted molar refractivity (Wildman–Crippen MR) is 129 cm³/mol. The molecule has 1 rings (SSSR count). The zero-order valence-electron chi connectivity index (χ0n) is 19.5. The Kier molecular flexibility index (Phi) is 11.0. The molecular formula is C27H40N2. The third-order valence-corrected chi connectivity index (χ3v) is 5.15. The SMILES string of the molecule is CC#CC(\C(C)=C/C(/C=C/N)=C\CC)C(C)C1=C(CC(C)C)/C(=C/C=C\C)CN1. The average molecular weight is 393 g/mol. The molecule has 0 bridgehead atoms. The van der Waals surface area contributed by atoms with E-state index in [1.807, 2.05) is 13.0 Å².